The van der Waals surface area contributed by atoms with Crippen molar-refractivity contribution in [2.75, 3.05) is 47.5 Å². The topological polar surface area (TPSA) is 108 Å². The second-order valence-corrected chi connectivity index (χ2v) is 22.1. The first-order valence-corrected chi connectivity index (χ1v) is 30.5. The number of allylic oxidation sites excluding steroid dienone is 10. The van der Waals surface area contributed by atoms with Crippen molar-refractivity contribution >= 4 is 19.8 Å². The van der Waals surface area contributed by atoms with Crippen molar-refractivity contribution in [2.24, 2.45) is 0 Å². The van der Waals surface area contributed by atoms with Gasteiger partial charge in [-0.05, 0) is 57.8 Å². The lowest BCUT2D eigenvalue weighted by Crippen LogP contribution is -2.37. The summed E-state index contributed by atoms with van der Waals surface area (Å²) in [6.07, 6.45) is 65.9. The van der Waals surface area contributed by atoms with Crippen LogP contribution in [0.1, 0.15) is 258 Å². The Kier molecular flexibility index (Phi) is 49.9. The van der Waals surface area contributed by atoms with E-state index in [1.165, 1.54) is 154 Å². The summed E-state index contributed by atoms with van der Waals surface area (Å²) in [5.41, 5.74) is 0. The van der Waals surface area contributed by atoms with Crippen LogP contribution in [0.15, 0.2) is 60.8 Å². The molecule has 0 aliphatic carbocycles. The minimum atomic E-state index is -4.40. The molecule has 0 aromatic rings. The molecule has 0 bridgehead atoms. The minimum Gasteiger partial charge on any atom is -0.462 e. The Bertz CT molecular complexity index is 1370. The lowest BCUT2D eigenvalue weighted by Gasteiger charge is -2.24. The van der Waals surface area contributed by atoms with Gasteiger partial charge in [-0.3, -0.25) is 18.6 Å². The molecule has 70 heavy (non-hydrogen) atoms. The summed E-state index contributed by atoms with van der Waals surface area (Å²) in [5, 5.41) is 0. The molecule has 0 heterocycles. The first-order chi connectivity index (χ1) is 34.0. The summed E-state index contributed by atoms with van der Waals surface area (Å²) >= 11 is 0. The number of nitrogens with zero attached hydrogens (tertiary/aromatic N) is 1. The number of hydrogen-bond acceptors (Lipinski definition) is 7. The van der Waals surface area contributed by atoms with Gasteiger partial charge in [0.15, 0.2) is 6.10 Å². The molecule has 0 rings (SSSR count). The summed E-state index contributed by atoms with van der Waals surface area (Å²) in [5.74, 6) is -0.828. The van der Waals surface area contributed by atoms with Gasteiger partial charge in [-0.15, -0.1) is 0 Å². The lowest BCUT2D eigenvalue weighted by atomic mass is 10.0. The molecular weight excluding hydrogens is 894 g/mol. The van der Waals surface area contributed by atoms with E-state index in [0.717, 1.165) is 70.6 Å². The fraction of sp³-hybridized carbons (Fsp3) is 0.800. The van der Waals surface area contributed by atoms with Gasteiger partial charge in [0.1, 0.15) is 19.8 Å². The Morgan fingerprint density at radius 3 is 1.21 bits per heavy atom. The average Bonchev–Trinajstić information content (AvgIpc) is 3.32. The standard InChI is InChI=1S/C60H110NO8P/c1-6-8-10-12-14-16-18-20-22-24-26-27-28-29-30-31-32-33-35-36-38-40-42-44-46-48-50-52-59(62)66-56-58(57-68-70(64,65)67-55-54-61(3,4)5)69-60(63)53-51-49-47-45-43-41-39-37-34-25-23-21-19-17-15-13-11-9-7-2/h9,11,15,17,21,23,34,37,41,43,58H,6-8,10,12-14,16,18-20,22,24-33,35-36,38-40,42,44-57H2,1-5H3/p+1/b11-9-,17-15-,23-21-,37-34-,43-41-. The van der Waals surface area contributed by atoms with Gasteiger partial charge in [0.05, 0.1) is 27.7 Å². The summed E-state index contributed by atoms with van der Waals surface area (Å²) in [6.45, 7) is 4.31. The largest absolute Gasteiger partial charge is 0.472 e. The maximum Gasteiger partial charge on any atom is 0.472 e. The number of hydrogen-bond donors (Lipinski definition) is 1. The number of unbranched alkanes of at least 4 members (excludes halogenated alkanes) is 29. The third kappa shape index (κ3) is 55.0. The van der Waals surface area contributed by atoms with E-state index in [9.17, 15) is 19.0 Å². The molecule has 0 fully saturated rings. The third-order valence-electron chi connectivity index (χ3n) is 12.6. The fourth-order valence-corrected chi connectivity index (χ4v) is 8.84. The number of likely N-dealkylation sites (N-methyl/N-ethyl adjacent to an activating group) is 1. The number of esters is 2. The Labute approximate surface area is 432 Å². The van der Waals surface area contributed by atoms with Gasteiger partial charge >= 0.3 is 19.8 Å². The second kappa shape index (κ2) is 51.6. The van der Waals surface area contributed by atoms with E-state index >= 15 is 0 Å². The van der Waals surface area contributed by atoms with E-state index in [2.05, 4.69) is 74.6 Å². The summed E-state index contributed by atoms with van der Waals surface area (Å²) in [7, 11) is 1.46. The van der Waals surface area contributed by atoms with Crippen molar-refractivity contribution in [3.63, 3.8) is 0 Å². The number of carbonyl (C=O) groups is 2. The molecule has 1 N–H and O–H groups in total. The molecule has 9 nitrogen and oxygen atoms in total. The maximum absolute atomic E-state index is 12.8. The zero-order valence-corrected chi connectivity index (χ0v) is 47.1. The Morgan fingerprint density at radius 1 is 0.457 bits per heavy atom. The monoisotopic (exact) mass is 1000 g/mol. The second-order valence-electron chi connectivity index (χ2n) is 20.7. The van der Waals surface area contributed by atoms with E-state index < -0.39 is 26.5 Å². The van der Waals surface area contributed by atoms with Gasteiger partial charge in [-0.25, -0.2) is 4.57 Å². The molecule has 2 unspecified atom stereocenters. The molecule has 10 heteroatoms. The summed E-state index contributed by atoms with van der Waals surface area (Å²) < 4.78 is 34.5. The molecule has 0 saturated carbocycles. The van der Waals surface area contributed by atoms with Crippen LogP contribution in [0.5, 0.6) is 0 Å². The van der Waals surface area contributed by atoms with Gasteiger partial charge in [-0.2, -0.15) is 0 Å². The molecule has 0 saturated heterocycles. The molecule has 0 radical (unpaired) electrons. The molecule has 0 aromatic heterocycles. The van der Waals surface area contributed by atoms with E-state index in [1.54, 1.807) is 0 Å². The zero-order valence-electron chi connectivity index (χ0n) is 46.2. The normalized spacial score (nSPS) is 13.7. The molecule has 2 atom stereocenters. The maximum atomic E-state index is 12.8. The molecule has 0 amide bonds. The molecular formula is C60H111NO8P+. The highest BCUT2D eigenvalue weighted by Gasteiger charge is 2.27. The van der Waals surface area contributed by atoms with Gasteiger partial charge in [0, 0.05) is 12.8 Å². The number of rotatable bonds is 53. The Hall–Kier alpha value is -2.29. The minimum absolute atomic E-state index is 0.0238. The van der Waals surface area contributed by atoms with Gasteiger partial charge < -0.3 is 18.9 Å². The van der Waals surface area contributed by atoms with Crippen molar-refractivity contribution in [3.05, 3.63) is 60.8 Å². The van der Waals surface area contributed by atoms with Crippen molar-refractivity contribution in [2.45, 2.75) is 264 Å². The molecule has 0 aliphatic heterocycles. The van der Waals surface area contributed by atoms with Crippen molar-refractivity contribution in [1.29, 1.82) is 0 Å². The van der Waals surface area contributed by atoms with Crippen LogP contribution in [-0.4, -0.2) is 74.9 Å². The van der Waals surface area contributed by atoms with Crippen LogP contribution in [0, 0.1) is 0 Å². The average molecular weight is 1010 g/mol. The first kappa shape index (κ1) is 67.7. The number of phosphoric acid groups is 1. The molecule has 408 valence electrons. The van der Waals surface area contributed by atoms with Gasteiger partial charge in [-0.1, -0.05) is 248 Å². The van der Waals surface area contributed by atoms with Crippen molar-refractivity contribution in [3.8, 4) is 0 Å². The molecule has 0 spiro atoms. The van der Waals surface area contributed by atoms with E-state index in [4.69, 9.17) is 18.5 Å². The number of quaternary nitrogens is 1. The Balaban J connectivity index is 4.15. The van der Waals surface area contributed by atoms with E-state index in [1.807, 2.05) is 21.1 Å². The molecule has 0 aliphatic rings. The SMILES string of the molecule is CC/C=C\C/C=C\C/C=C\C/C=C\C/C=C\CCCCCC(=O)OC(COC(=O)CCCCCCCCCCCCCCCCCCCCCCCCCCCCC)COP(=O)(O)OCC[N+](C)(C)C. The van der Waals surface area contributed by atoms with Crippen LogP contribution in [0.25, 0.3) is 0 Å². The number of ether oxygens (including phenoxy) is 2. The lowest BCUT2D eigenvalue weighted by molar-refractivity contribution is -0.870. The third-order valence-corrected chi connectivity index (χ3v) is 13.5. The zero-order chi connectivity index (χ0) is 51.3. The van der Waals surface area contributed by atoms with Crippen molar-refractivity contribution in [1.82, 2.24) is 0 Å². The quantitative estimate of drug-likeness (QED) is 0.0211. The van der Waals surface area contributed by atoms with Crippen LogP contribution in [0.3, 0.4) is 0 Å². The summed E-state index contributed by atoms with van der Waals surface area (Å²) in [6, 6.07) is 0. The highest BCUT2D eigenvalue weighted by Crippen LogP contribution is 2.43. The van der Waals surface area contributed by atoms with Crippen LogP contribution in [0.4, 0.5) is 0 Å². The summed E-state index contributed by atoms with van der Waals surface area (Å²) in [4.78, 5) is 35.6. The van der Waals surface area contributed by atoms with Gasteiger partial charge in [0.25, 0.3) is 0 Å². The van der Waals surface area contributed by atoms with Crippen LogP contribution in [-0.2, 0) is 32.7 Å². The number of phosphoric ester groups is 1. The van der Waals surface area contributed by atoms with E-state index in [-0.39, 0.29) is 32.0 Å². The predicted octanol–water partition coefficient (Wildman–Crippen LogP) is 17.9. The smallest absolute Gasteiger partial charge is 0.462 e. The first-order valence-electron chi connectivity index (χ1n) is 29.0. The van der Waals surface area contributed by atoms with E-state index in [0.29, 0.717) is 17.4 Å². The van der Waals surface area contributed by atoms with Crippen molar-refractivity contribution < 1.29 is 42.1 Å². The fourth-order valence-electron chi connectivity index (χ4n) is 8.10. The van der Waals surface area contributed by atoms with Crippen LogP contribution < -0.4 is 0 Å². The number of carbonyl (C=O) groups excluding carboxylic acids is 2. The van der Waals surface area contributed by atoms with Crippen LogP contribution >= 0.6 is 7.82 Å². The van der Waals surface area contributed by atoms with Gasteiger partial charge in [0.2, 0.25) is 0 Å². The van der Waals surface area contributed by atoms with Crippen LogP contribution in [0.2, 0.25) is 0 Å². The molecule has 0 aromatic carbocycles. The highest BCUT2D eigenvalue weighted by atomic mass is 31.2. The highest BCUT2D eigenvalue weighted by molar-refractivity contribution is 7.47. The predicted molar refractivity (Wildman–Crippen MR) is 298 cm³/mol. The Morgan fingerprint density at radius 2 is 0.814 bits per heavy atom.